The molecule has 8 heteroatoms. The van der Waals surface area contributed by atoms with Crippen molar-refractivity contribution < 1.29 is 18.3 Å². The van der Waals surface area contributed by atoms with Crippen LogP contribution in [0.25, 0.3) is 0 Å². The number of sulfonamides is 1. The van der Waals surface area contributed by atoms with Gasteiger partial charge in [0.15, 0.2) is 0 Å². The first-order valence-corrected chi connectivity index (χ1v) is 8.89. The van der Waals surface area contributed by atoms with Crippen LogP contribution in [0, 0.1) is 19.8 Å². The zero-order valence-corrected chi connectivity index (χ0v) is 14.2. The van der Waals surface area contributed by atoms with Crippen molar-refractivity contribution in [1.29, 1.82) is 0 Å². The van der Waals surface area contributed by atoms with Gasteiger partial charge in [0.05, 0.1) is 11.4 Å². The molecule has 1 fully saturated rings. The fraction of sp³-hybridized carbons (Fsp3) is 0.714. The molecule has 1 aromatic heterocycles. The Morgan fingerprint density at radius 3 is 2.59 bits per heavy atom. The molecule has 1 aliphatic rings. The Morgan fingerprint density at radius 1 is 1.41 bits per heavy atom. The highest BCUT2D eigenvalue weighted by atomic mass is 32.2. The molecule has 1 aliphatic heterocycles. The molecule has 2 heterocycles. The molecule has 2 rings (SSSR count). The van der Waals surface area contributed by atoms with E-state index in [0.717, 1.165) is 4.31 Å². The van der Waals surface area contributed by atoms with Crippen molar-refractivity contribution in [1.82, 2.24) is 14.1 Å². The van der Waals surface area contributed by atoms with Gasteiger partial charge in [0.1, 0.15) is 10.9 Å². The third-order valence-corrected chi connectivity index (χ3v) is 6.07. The topological polar surface area (TPSA) is 92.5 Å². The number of hydrogen-bond donors (Lipinski definition) is 1. The standard InChI is InChI=1S/C14H23N3O4S/c1-9(2)8-16-11(4)13(10(3)15-16)22(20,21)17-7-5-6-12(17)14(18)19/h9,12H,5-8H2,1-4H3,(H,18,19)/t12-/m1/s1. The number of hydrogen-bond acceptors (Lipinski definition) is 4. The highest BCUT2D eigenvalue weighted by molar-refractivity contribution is 7.89. The summed E-state index contributed by atoms with van der Waals surface area (Å²) < 4.78 is 28.6. The molecule has 0 bridgehead atoms. The Balaban J connectivity index is 2.46. The van der Waals surface area contributed by atoms with Crippen molar-refractivity contribution in [2.75, 3.05) is 6.54 Å². The molecule has 0 radical (unpaired) electrons. The molecular formula is C14H23N3O4S. The monoisotopic (exact) mass is 329 g/mol. The van der Waals surface area contributed by atoms with E-state index >= 15 is 0 Å². The summed E-state index contributed by atoms with van der Waals surface area (Å²) in [7, 11) is -3.84. The SMILES string of the molecule is Cc1nn(CC(C)C)c(C)c1S(=O)(=O)N1CCC[C@@H]1C(=O)O. The quantitative estimate of drug-likeness (QED) is 0.881. The fourth-order valence-corrected chi connectivity index (χ4v) is 5.00. The maximum atomic E-state index is 12.9. The number of carbonyl (C=O) groups is 1. The molecule has 0 spiro atoms. The molecular weight excluding hydrogens is 306 g/mol. The first-order valence-electron chi connectivity index (χ1n) is 7.45. The lowest BCUT2D eigenvalue weighted by Crippen LogP contribution is -2.40. The largest absolute Gasteiger partial charge is 0.480 e. The minimum absolute atomic E-state index is 0.154. The van der Waals surface area contributed by atoms with Gasteiger partial charge < -0.3 is 5.11 Å². The van der Waals surface area contributed by atoms with E-state index < -0.39 is 22.0 Å². The van der Waals surface area contributed by atoms with E-state index in [-0.39, 0.29) is 11.4 Å². The highest BCUT2D eigenvalue weighted by Crippen LogP contribution is 2.30. The smallest absolute Gasteiger partial charge is 0.322 e. The van der Waals surface area contributed by atoms with Gasteiger partial charge in [-0.15, -0.1) is 0 Å². The van der Waals surface area contributed by atoms with Crippen molar-refractivity contribution in [2.24, 2.45) is 5.92 Å². The van der Waals surface area contributed by atoms with E-state index in [1.165, 1.54) is 0 Å². The maximum Gasteiger partial charge on any atom is 0.322 e. The minimum Gasteiger partial charge on any atom is -0.480 e. The molecule has 0 saturated carbocycles. The van der Waals surface area contributed by atoms with Crippen LogP contribution >= 0.6 is 0 Å². The second kappa shape index (κ2) is 6.00. The van der Waals surface area contributed by atoms with Crippen molar-refractivity contribution in [3.63, 3.8) is 0 Å². The average molecular weight is 329 g/mol. The first-order chi connectivity index (χ1) is 10.2. The Bertz CT molecular complexity index is 679. The van der Waals surface area contributed by atoms with Gasteiger partial charge in [0.2, 0.25) is 10.0 Å². The summed E-state index contributed by atoms with van der Waals surface area (Å²) in [6, 6.07) is -0.975. The summed E-state index contributed by atoms with van der Waals surface area (Å²) in [6.07, 6.45) is 0.918. The number of aryl methyl sites for hydroxylation is 1. The van der Waals surface area contributed by atoms with Gasteiger partial charge in [-0.2, -0.15) is 9.40 Å². The predicted octanol–water partition coefficient (Wildman–Crippen LogP) is 1.39. The van der Waals surface area contributed by atoms with E-state index in [1.807, 2.05) is 13.8 Å². The first kappa shape index (κ1) is 17.0. The summed E-state index contributed by atoms with van der Waals surface area (Å²) in [4.78, 5) is 11.4. The number of aromatic nitrogens is 2. The van der Waals surface area contributed by atoms with Gasteiger partial charge in [-0.1, -0.05) is 13.8 Å². The van der Waals surface area contributed by atoms with Crippen molar-refractivity contribution in [3.05, 3.63) is 11.4 Å². The van der Waals surface area contributed by atoms with E-state index in [2.05, 4.69) is 5.10 Å². The highest BCUT2D eigenvalue weighted by Gasteiger charge is 2.41. The average Bonchev–Trinajstić information content (AvgIpc) is 2.95. The fourth-order valence-electron chi connectivity index (χ4n) is 2.97. The van der Waals surface area contributed by atoms with Crippen LogP contribution in [0.4, 0.5) is 0 Å². The summed E-state index contributed by atoms with van der Waals surface area (Å²) in [6.45, 7) is 8.32. The van der Waals surface area contributed by atoms with Gasteiger partial charge in [0, 0.05) is 13.1 Å². The number of carboxylic acid groups (broad SMARTS) is 1. The van der Waals surface area contributed by atoms with Gasteiger partial charge in [0.25, 0.3) is 0 Å². The van der Waals surface area contributed by atoms with Crippen LogP contribution in [0.5, 0.6) is 0 Å². The number of nitrogens with zero attached hydrogens (tertiary/aromatic N) is 3. The third kappa shape index (κ3) is 2.89. The molecule has 1 saturated heterocycles. The van der Waals surface area contributed by atoms with Crippen molar-refractivity contribution >= 4 is 16.0 Å². The maximum absolute atomic E-state index is 12.9. The Labute approximate surface area is 131 Å². The molecule has 1 aromatic rings. The molecule has 0 aromatic carbocycles. The summed E-state index contributed by atoms with van der Waals surface area (Å²) in [5.74, 6) is -0.752. The minimum atomic E-state index is -3.84. The lowest BCUT2D eigenvalue weighted by molar-refractivity contribution is -0.140. The van der Waals surface area contributed by atoms with Crippen LogP contribution in [0.3, 0.4) is 0 Å². The molecule has 0 unspecified atom stereocenters. The lowest BCUT2D eigenvalue weighted by Gasteiger charge is -2.21. The molecule has 1 N–H and O–H groups in total. The van der Waals surface area contributed by atoms with Crippen LogP contribution in [0.15, 0.2) is 4.90 Å². The molecule has 7 nitrogen and oxygen atoms in total. The second-order valence-electron chi connectivity index (χ2n) is 6.19. The van der Waals surface area contributed by atoms with Gasteiger partial charge >= 0.3 is 5.97 Å². The zero-order valence-electron chi connectivity index (χ0n) is 13.4. The molecule has 1 atom stereocenters. The number of rotatable bonds is 5. The molecule has 22 heavy (non-hydrogen) atoms. The summed E-state index contributed by atoms with van der Waals surface area (Å²) >= 11 is 0. The van der Waals surface area contributed by atoms with Crippen molar-refractivity contribution in [3.8, 4) is 0 Å². The lowest BCUT2D eigenvalue weighted by atomic mass is 10.2. The van der Waals surface area contributed by atoms with Gasteiger partial charge in [-0.05, 0) is 32.6 Å². The van der Waals surface area contributed by atoms with Crippen LogP contribution in [-0.4, -0.2) is 46.2 Å². The van der Waals surface area contributed by atoms with E-state index in [1.54, 1.807) is 18.5 Å². The molecule has 124 valence electrons. The number of carboxylic acids is 1. The van der Waals surface area contributed by atoms with Crippen LogP contribution in [0.1, 0.15) is 38.1 Å². The van der Waals surface area contributed by atoms with Gasteiger partial charge in [-0.3, -0.25) is 9.48 Å². The number of aliphatic carboxylic acids is 1. The Hall–Kier alpha value is -1.41. The van der Waals surface area contributed by atoms with Crippen LogP contribution in [-0.2, 0) is 21.4 Å². The predicted molar refractivity (Wildman–Crippen MR) is 81.1 cm³/mol. The Kier molecular flexibility index (Phi) is 4.62. The van der Waals surface area contributed by atoms with E-state index in [9.17, 15) is 18.3 Å². The third-order valence-electron chi connectivity index (χ3n) is 3.91. The van der Waals surface area contributed by atoms with Crippen LogP contribution < -0.4 is 0 Å². The second-order valence-corrected chi connectivity index (χ2v) is 8.02. The van der Waals surface area contributed by atoms with Crippen LogP contribution in [0.2, 0.25) is 0 Å². The molecule has 0 amide bonds. The molecule has 0 aliphatic carbocycles. The van der Waals surface area contributed by atoms with Gasteiger partial charge in [-0.25, -0.2) is 8.42 Å². The summed E-state index contributed by atoms with van der Waals surface area (Å²) in [5.41, 5.74) is 0.997. The summed E-state index contributed by atoms with van der Waals surface area (Å²) in [5, 5.41) is 13.6. The van der Waals surface area contributed by atoms with E-state index in [0.29, 0.717) is 36.7 Å². The zero-order chi connectivity index (χ0) is 16.7. The van der Waals surface area contributed by atoms with Crippen molar-refractivity contribution in [2.45, 2.75) is 58.0 Å². The Morgan fingerprint density at radius 2 is 2.05 bits per heavy atom. The normalized spacial score (nSPS) is 20.0. The van der Waals surface area contributed by atoms with E-state index in [4.69, 9.17) is 0 Å².